The molecule has 3 rings (SSSR count). The van der Waals surface area contributed by atoms with Gasteiger partial charge in [-0.25, -0.2) is 0 Å². The van der Waals surface area contributed by atoms with Crippen molar-refractivity contribution in [2.24, 2.45) is 5.92 Å². The maximum absolute atomic E-state index is 11.0. The van der Waals surface area contributed by atoms with Crippen LogP contribution in [0.25, 0.3) is 11.5 Å². The van der Waals surface area contributed by atoms with Gasteiger partial charge in [0, 0.05) is 16.5 Å². The molecule has 0 unspecified atom stereocenters. The summed E-state index contributed by atoms with van der Waals surface area (Å²) in [6.07, 6.45) is 2.88. The number of rotatable bonds is 3. The van der Waals surface area contributed by atoms with E-state index >= 15 is 0 Å². The molecule has 0 bridgehead atoms. The van der Waals surface area contributed by atoms with Crippen LogP contribution in [0.15, 0.2) is 28.7 Å². The summed E-state index contributed by atoms with van der Waals surface area (Å²) in [5.41, 5.74) is 0.831. The van der Waals surface area contributed by atoms with Crippen molar-refractivity contribution in [1.82, 2.24) is 10.2 Å². The highest BCUT2D eigenvalue weighted by Gasteiger charge is 2.29. The third-order valence-electron chi connectivity index (χ3n) is 3.96. The Hall–Kier alpha value is -1.88. The number of hydrogen-bond donors (Lipinski definition) is 1. The molecule has 1 aliphatic carbocycles. The lowest BCUT2D eigenvalue weighted by Crippen LogP contribution is -2.20. The van der Waals surface area contributed by atoms with E-state index in [2.05, 4.69) is 10.2 Å². The first-order valence-electron chi connectivity index (χ1n) is 6.95. The summed E-state index contributed by atoms with van der Waals surface area (Å²) < 4.78 is 5.73. The van der Waals surface area contributed by atoms with E-state index in [0.29, 0.717) is 29.6 Å². The molecule has 1 fully saturated rings. The Labute approximate surface area is 126 Å². The zero-order valence-corrected chi connectivity index (χ0v) is 12.1. The van der Waals surface area contributed by atoms with E-state index in [-0.39, 0.29) is 11.8 Å². The van der Waals surface area contributed by atoms with Crippen LogP contribution in [0.4, 0.5) is 0 Å². The van der Waals surface area contributed by atoms with E-state index < -0.39 is 5.97 Å². The van der Waals surface area contributed by atoms with Crippen LogP contribution in [-0.2, 0) is 4.79 Å². The van der Waals surface area contributed by atoms with Crippen LogP contribution in [0, 0.1) is 5.92 Å². The molecule has 110 valence electrons. The molecule has 1 N–H and O–H groups in total. The van der Waals surface area contributed by atoms with Crippen LogP contribution in [0.2, 0.25) is 5.02 Å². The highest BCUT2D eigenvalue weighted by molar-refractivity contribution is 6.30. The maximum Gasteiger partial charge on any atom is 0.306 e. The van der Waals surface area contributed by atoms with Gasteiger partial charge < -0.3 is 9.52 Å². The zero-order valence-electron chi connectivity index (χ0n) is 11.3. The number of benzene rings is 1. The number of halogens is 1. The molecule has 1 aromatic heterocycles. The van der Waals surface area contributed by atoms with Gasteiger partial charge in [-0.05, 0) is 49.9 Å². The topological polar surface area (TPSA) is 76.2 Å². The van der Waals surface area contributed by atoms with E-state index in [0.717, 1.165) is 18.4 Å². The molecular weight excluding hydrogens is 292 g/mol. The van der Waals surface area contributed by atoms with Gasteiger partial charge >= 0.3 is 5.97 Å². The van der Waals surface area contributed by atoms with E-state index in [1.807, 2.05) is 12.1 Å². The van der Waals surface area contributed by atoms with Gasteiger partial charge in [0.05, 0.1) is 5.92 Å². The number of aliphatic carboxylic acids is 1. The van der Waals surface area contributed by atoms with Gasteiger partial charge in [-0.3, -0.25) is 4.79 Å². The van der Waals surface area contributed by atoms with Crippen LogP contribution < -0.4 is 0 Å². The molecule has 2 aromatic rings. The van der Waals surface area contributed by atoms with Crippen molar-refractivity contribution in [2.75, 3.05) is 0 Å². The average Bonchev–Trinajstić information content (AvgIpc) is 2.98. The van der Waals surface area contributed by atoms with Crippen LogP contribution in [0.1, 0.15) is 37.5 Å². The molecule has 0 aliphatic heterocycles. The molecule has 0 saturated heterocycles. The SMILES string of the molecule is O=C(O)[C@H]1CC[C@H](c2nnc(-c3ccc(Cl)cc3)o2)CC1. The van der Waals surface area contributed by atoms with Gasteiger partial charge in [0.1, 0.15) is 0 Å². The highest BCUT2D eigenvalue weighted by atomic mass is 35.5. The Bertz CT molecular complexity index is 631. The van der Waals surface area contributed by atoms with Crippen LogP contribution in [0.3, 0.4) is 0 Å². The minimum Gasteiger partial charge on any atom is -0.481 e. The molecule has 1 aromatic carbocycles. The number of carbonyl (C=O) groups is 1. The third-order valence-corrected chi connectivity index (χ3v) is 4.21. The Morgan fingerprint density at radius 1 is 1.14 bits per heavy atom. The predicted molar refractivity (Wildman–Crippen MR) is 77.1 cm³/mol. The maximum atomic E-state index is 11.0. The summed E-state index contributed by atoms with van der Waals surface area (Å²) >= 11 is 5.85. The molecule has 0 atom stereocenters. The Balaban J connectivity index is 1.71. The van der Waals surface area contributed by atoms with Gasteiger partial charge in [0.15, 0.2) is 0 Å². The second-order valence-corrected chi connectivity index (χ2v) is 5.78. The van der Waals surface area contributed by atoms with Crippen LogP contribution in [-0.4, -0.2) is 21.3 Å². The molecule has 1 aliphatic rings. The first-order valence-corrected chi connectivity index (χ1v) is 7.33. The minimum atomic E-state index is -0.708. The minimum absolute atomic E-state index is 0.161. The summed E-state index contributed by atoms with van der Waals surface area (Å²) in [4.78, 5) is 11.0. The average molecular weight is 307 g/mol. The molecular formula is C15H15ClN2O3. The van der Waals surface area contributed by atoms with Crippen molar-refractivity contribution < 1.29 is 14.3 Å². The van der Waals surface area contributed by atoms with E-state index in [4.69, 9.17) is 21.1 Å². The molecule has 21 heavy (non-hydrogen) atoms. The standard InChI is InChI=1S/C15H15ClN2O3/c16-12-7-5-10(6-8-12)14-18-17-13(21-14)9-1-3-11(4-2-9)15(19)20/h5-9,11H,1-4H2,(H,19,20)/t9-,11-. The van der Waals surface area contributed by atoms with Gasteiger partial charge in [-0.2, -0.15) is 0 Å². The van der Waals surface area contributed by atoms with Crippen molar-refractivity contribution in [1.29, 1.82) is 0 Å². The molecule has 1 heterocycles. The van der Waals surface area contributed by atoms with E-state index in [9.17, 15) is 4.79 Å². The predicted octanol–water partition coefficient (Wildman–Crippen LogP) is 3.75. The Morgan fingerprint density at radius 2 is 1.81 bits per heavy atom. The quantitative estimate of drug-likeness (QED) is 0.934. The van der Waals surface area contributed by atoms with Crippen molar-refractivity contribution in [3.63, 3.8) is 0 Å². The number of carboxylic acids is 1. The zero-order chi connectivity index (χ0) is 14.8. The largest absolute Gasteiger partial charge is 0.481 e. The molecule has 0 spiro atoms. The molecule has 1 saturated carbocycles. The first-order chi connectivity index (χ1) is 10.1. The van der Waals surface area contributed by atoms with Gasteiger partial charge in [0.2, 0.25) is 11.8 Å². The number of carboxylic acid groups (broad SMARTS) is 1. The normalized spacial score (nSPS) is 22.1. The highest BCUT2D eigenvalue weighted by Crippen LogP contribution is 2.36. The van der Waals surface area contributed by atoms with Crippen molar-refractivity contribution >= 4 is 17.6 Å². The lowest BCUT2D eigenvalue weighted by molar-refractivity contribution is -0.142. The lowest BCUT2D eigenvalue weighted by atomic mass is 9.82. The lowest BCUT2D eigenvalue weighted by Gasteiger charge is -2.23. The second-order valence-electron chi connectivity index (χ2n) is 5.34. The fourth-order valence-corrected chi connectivity index (χ4v) is 2.82. The molecule has 0 amide bonds. The van der Waals surface area contributed by atoms with Gasteiger partial charge in [0.25, 0.3) is 0 Å². The fourth-order valence-electron chi connectivity index (χ4n) is 2.70. The number of hydrogen-bond acceptors (Lipinski definition) is 4. The van der Waals surface area contributed by atoms with Crippen molar-refractivity contribution in [3.05, 3.63) is 35.2 Å². The summed E-state index contributed by atoms with van der Waals surface area (Å²) in [6.45, 7) is 0. The summed E-state index contributed by atoms with van der Waals surface area (Å²) in [7, 11) is 0. The second kappa shape index (κ2) is 5.85. The van der Waals surface area contributed by atoms with Gasteiger partial charge in [-0.15, -0.1) is 10.2 Å². The summed E-state index contributed by atoms with van der Waals surface area (Å²) in [5.74, 6) is 0.292. The van der Waals surface area contributed by atoms with Crippen molar-refractivity contribution in [3.8, 4) is 11.5 Å². The summed E-state index contributed by atoms with van der Waals surface area (Å²) in [6, 6.07) is 7.22. The molecule has 6 heteroatoms. The van der Waals surface area contributed by atoms with E-state index in [1.165, 1.54) is 0 Å². The molecule has 0 radical (unpaired) electrons. The van der Waals surface area contributed by atoms with Gasteiger partial charge in [-0.1, -0.05) is 11.6 Å². The first kappa shape index (κ1) is 14.1. The fraction of sp³-hybridized carbons (Fsp3) is 0.400. The Morgan fingerprint density at radius 3 is 2.43 bits per heavy atom. The molecule has 5 nitrogen and oxygen atoms in total. The number of aromatic nitrogens is 2. The Kier molecular flexibility index (Phi) is 3.92. The summed E-state index contributed by atoms with van der Waals surface area (Å²) in [5, 5.41) is 17.8. The smallest absolute Gasteiger partial charge is 0.306 e. The van der Waals surface area contributed by atoms with Crippen LogP contribution >= 0.6 is 11.6 Å². The monoisotopic (exact) mass is 306 g/mol. The third kappa shape index (κ3) is 3.08. The van der Waals surface area contributed by atoms with E-state index in [1.54, 1.807) is 12.1 Å². The number of nitrogens with zero attached hydrogens (tertiary/aromatic N) is 2. The van der Waals surface area contributed by atoms with Crippen LogP contribution in [0.5, 0.6) is 0 Å². The van der Waals surface area contributed by atoms with Crippen molar-refractivity contribution in [2.45, 2.75) is 31.6 Å².